The van der Waals surface area contributed by atoms with Crippen molar-refractivity contribution >= 4 is 17.5 Å². The molecule has 3 heterocycles. The highest BCUT2D eigenvalue weighted by Gasteiger charge is 2.20. The lowest BCUT2D eigenvalue weighted by Gasteiger charge is -2.22. The molecule has 0 bridgehead atoms. The van der Waals surface area contributed by atoms with Crippen LogP contribution in [-0.2, 0) is 19.6 Å². The van der Waals surface area contributed by atoms with Crippen LogP contribution in [-0.4, -0.2) is 49.8 Å². The number of nitriles is 1. The second kappa shape index (κ2) is 8.30. The fourth-order valence-electron chi connectivity index (χ4n) is 3.49. The minimum atomic E-state index is -0.182. The van der Waals surface area contributed by atoms with Crippen LogP contribution in [0.15, 0.2) is 36.7 Å². The van der Waals surface area contributed by atoms with Crippen molar-refractivity contribution in [2.24, 2.45) is 0 Å². The Morgan fingerprint density at radius 1 is 1.37 bits per heavy atom. The monoisotopic (exact) mass is 423 g/mol. The number of hydrogen-bond donors (Lipinski definition) is 1. The molecule has 2 aromatic heterocycles. The molecule has 0 saturated heterocycles. The molecule has 0 spiro atoms. The van der Waals surface area contributed by atoms with E-state index in [0.29, 0.717) is 22.8 Å². The van der Waals surface area contributed by atoms with Gasteiger partial charge in [-0.2, -0.15) is 10.4 Å². The van der Waals surface area contributed by atoms with Gasteiger partial charge >= 0.3 is 0 Å². The fraction of sp³-hybridized carbons (Fsp3) is 0.333. The number of benzene rings is 1. The predicted molar refractivity (Wildman–Crippen MR) is 113 cm³/mol. The molecule has 0 fully saturated rings. The molecular weight excluding hydrogens is 402 g/mol. The van der Waals surface area contributed by atoms with Crippen molar-refractivity contribution in [3.8, 4) is 17.3 Å². The second-order valence-electron chi connectivity index (χ2n) is 7.58. The van der Waals surface area contributed by atoms with Gasteiger partial charge < -0.3 is 9.88 Å². The molecule has 8 nitrogen and oxygen atoms in total. The Bertz CT molecular complexity index is 1130. The molecule has 3 aromatic rings. The van der Waals surface area contributed by atoms with Crippen LogP contribution in [0.5, 0.6) is 0 Å². The highest BCUT2D eigenvalue weighted by Crippen LogP contribution is 2.24. The van der Waals surface area contributed by atoms with Crippen molar-refractivity contribution in [2.45, 2.75) is 32.6 Å². The summed E-state index contributed by atoms with van der Waals surface area (Å²) in [7, 11) is 2.05. The molecule has 0 aliphatic carbocycles. The number of rotatable bonds is 5. The minimum Gasteiger partial charge on any atom is -0.346 e. The normalized spacial score (nSPS) is 14.7. The van der Waals surface area contributed by atoms with Gasteiger partial charge in [-0.15, -0.1) is 0 Å². The number of carbonyl (C=O) groups excluding carboxylic acids is 1. The molecule has 4 rings (SSSR count). The van der Waals surface area contributed by atoms with Crippen molar-refractivity contribution < 1.29 is 4.79 Å². The molecule has 9 heteroatoms. The predicted octanol–water partition coefficient (Wildman–Crippen LogP) is 2.54. The van der Waals surface area contributed by atoms with E-state index in [2.05, 4.69) is 20.3 Å². The summed E-state index contributed by atoms with van der Waals surface area (Å²) in [6, 6.07) is 9.03. The number of likely N-dealkylation sites (N-methyl/N-ethyl adjacent to an activating group) is 1. The first kappa shape index (κ1) is 20.1. The zero-order valence-electron chi connectivity index (χ0n) is 16.8. The van der Waals surface area contributed by atoms with Crippen molar-refractivity contribution in [2.75, 3.05) is 13.6 Å². The third kappa shape index (κ3) is 4.22. The van der Waals surface area contributed by atoms with Crippen LogP contribution in [0, 0.1) is 11.3 Å². The lowest BCUT2D eigenvalue weighted by Crippen LogP contribution is -2.36. The number of nitrogens with one attached hydrogen (secondary N) is 1. The summed E-state index contributed by atoms with van der Waals surface area (Å²) >= 11 is 6.12. The van der Waals surface area contributed by atoms with Crippen molar-refractivity contribution in [3.63, 3.8) is 0 Å². The van der Waals surface area contributed by atoms with E-state index in [9.17, 15) is 4.79 Å². The Kier molecular flexibility index (Phi) is 5.57. The summed E-state index contributed by atoms with van der Waals surface area (Å²) in [6.07, 6.45) is 3.68. The molecule has 154 valence electrons. The molecular formula is C21H22ClN7O. The number of nitrogens with zero attached hydrogens (tertiary/aromatic N) is 6. The van der Waals surface area contributed by atoms with Crippen molar-refractivity contribution in [1.82, 2.24) is 29.5 Å². The highest BCUT2D eigenvalue weighted by atomic mass is 35.5. The topological polar surface area (TPSA) is 91.8 Å². The zero-order valence-corrected chi connectivity index (χ0v) is 17.6. The SMILES string of the molecule is C[C@@H](Cn1ccc(-c2ccc(C#N)c(Cl)c2)n1)NC(=O)c1cn2c(n1)CN(C)CC2. The number of halogens is 1. The molecule has 0 unspecified atom stereocenters. The van der Waals surface area contributed by atoms with E-state index in [1.807, 2.05) is 49.1 Å². The lowest BCUT2D eigenvalue weighted by atomic mass is 10.1. The molecule has 1 N–H and O–H groups in total. The molecule has 1 aliphatic heterocycles. The number of carbonyl (C=O) groups is 1. The van der Waals surface area contributed by atoms with Gasteiger partial charge in [-0.05, 0) is 32.2 Å². The zero-order chi connectivity index (χ0) is 21.3. The fourth-order valence-corrected chi connectivity index (χ4v) is 3.71. The Morgan fingerprint density at radius 3 is 2.97 bits per heavy atom. The van der Waals surface area contributed by atoms with Gasteiger partial charge in [-0.1, -0.05) is 17.7 Å². The Morgan fingerprint density at radius 2 is 2.20 bits per heavy atom. The van der Waals surface area contributed by atoms with Crippen molar-refractivity contribution in [3.05, 3.63) is 58.8 Å². The van der Waals surface area contributed by atoms with Gasteiger partial charge in [0.2, 0.25) is 0 Å². The summed E-state index contributed by atoms with van der Waals surface area (Å²) in [5, 5.41) is 17.0. The third-order valence-electron chi connectivity index (χ3n) is 5.09. The first-order valence-electron chi connectivity index (χ1n) is 9.72. The average molecular weight is 424 g/mol. The standard InChI is InChI=1S/C21H22ClN7O/c1-14(24-21(30)19-12-28-8-7-27(2)13-20(28)25-19)11-29-6-5-18(26-29)15-3-4-16(10-23)17(22)9-15/h3-6,9,12,14H,7-8,11,13H2,1-2H3,(H,24,30)/t14-/m0/s1. The largest absolute Gasteiger partial charge is 0.346 e. The van der Waals surface area contributed by atoms with Crippen LogP contribution in [0.25, 0.3) is 11.3 Å². The Hall–Kier alpha value is -3.15. The summed E-state index contributed by atoms with van der Waals surface area (Å²) in [5.41, 5.74) is 2.47. The van der Waals surface area contributed by atoms with Gasteiger partial charge in [0.05, 0.1) is 29.4 Å². The first-order valence-corrected chi connectivity index (χ1v) is 10.1. The number of hydrogen-bond acceptors (Lipinski definition) is 5. The minimum absolute atomic E-state index is 0.129. The van der Waals surface area contributed by atoms with Crippen LogP contribution in [0.4, 0.5) is 0 Å². The number of aromatic nitrogens is 4. The van der Waals surface area contributed by atoms with Crippen LogP contribution >= 0.6 is 11.6 Å². The average Bonchev–Trinajstić information content (AvgIpc) is 3.34. The van der Waals surface area contributed by atoms with E-state index < -0.39 is 0 Å². The van der Waals surface area contributed by atoms with E-state index in [1.54, 1.807) is 16.8 Å². The lowest BCUT2D eigenvalue weighted by molar-refractivity contribution is 0.0931. The number of fused-ring (bicyclic) bond motifs is 1. The summed E-state index contributed by atoms with van der Waals surface area (Å²) < 4.78 is 3.82. The second-order valence-corrected chi connectivity index (χ2v) is 7.98. The molecule has 0 radical (unpaired) electrons. The van der Waals surface area contributed by atoms with E-state index in [1.165, 1.54) is 0 Å². The molecule has 1 amide bonds. The molecule has 1 atom stereocenters. The maximum atomic E-state index is 12.6. The van der Waals surface area contributed by atoms with Crippen LogP contribution in [0.2, 0.25) is 5.02 Å². The summed E-state index contributed by atoms with van der Waals surface area (Å²) in [4.78, 5) is 19.3. The molecule has 1 aliphatic rings. The van der Waals surface area contributed by atoms with Gasteiger partial charge in [-0.25, -0.2) is 4.98 Å². The van der Waals surface area contributed by atoms with E-state index in [4.69, 9.17) is 16.9 Å². The van der Waals surface area contributed by atoms with Gasteiger partial charge in [0, 0.05) is 37.1 Å². The smallest absolute Gasteiger partial charge is 0.271 e. The van der Waals surface area contributed by atoms with Gasteiger partial charge in [0.25, 0.3) is 5.91 Å². The maximum absolute atomic E-state index is 12.6. The molecule has 30 heavy (non-hydrogen) atoms. The number of amides is 1. The summed E-state index contributed by atoms with van der Waals surface area (Å²) in [5.74, 6) is 0.734. The molecule has 1 aromatic carbocycles. The third-order valence-corrected chi connectivity index (χ3v) is 5.40. The Labute approximate surface area is 179 Å². The van der Waals surface area contributed by atoms with E-state index in [-0.39, 0.29) is 11.9 Å². The Balaban J connectivity index is 1.39. The van der Waals surface area contributed by atoms with Crippen LogP contribution in [0.3, 0.4) is 0 Å². The van der Waals surface area contributed by atoms with E-state index >= 15 is 0 Å². The van der Waals surface area contributed by atoms with Gasteiger partial charge in [0.1, 0.15) is 17.6 Å². The maximum Gasteiger partial charge on any atom is 0.271 e. The molecule has 0 saturated carbocycles. The van der Waals surface area contributed by atoms with Crippen LogP contribution < -0.4 is 5.32 Å². The van der Waals surface area contributed by atoms with E-state index in [0.717, 1.165) is 36.7 Å². The number of imidazole rings is 1. The quantitative estimate of drug-likeness (QED) is 0.680. The van der Waals surface area contributed by atoms with Crippen LogP contribution in [0.1, 0.15) is 28.8 Å². The van der Waals surface area contributed by atoms with Gasteiger partial charge in [0.15, 0.2) is 0 Å². The van der Waals surface area contributed by atoms with Gasteiger partial charge in [-0.3, -0.25) is 14.4 Å². The van der Waals surface area contributed by atoms with Crippen molar-refractivity contribution in [1.29, 1.82) is 5.26 Å². The summed E-state index contributed by atoms with van der Waals surface area (Å²) in [6.45, 7) is 5.00. The first-order chi connectivity index (χ1) is 14.4. The highest BCUT2D eigenvalue weighted by molar-refractivity contribution is 6.32.